The molecule has 2 aliphatic heterocycles. The van der Waals surface area contributed by atoms with E-state index in [0.29, 0.717) is 35.0 Å². The molecule has 3 aliphatic rings. The van der Waals surface area contributed by atoms with Crippen LogP contribution in [0.3, 0.4) is 0 Å². The molecule has 3 fully saturated rings. The van der Waals surface area contributed by atoms with Gasteiger partial charge >= 0.3 is 18.2 Å². The van der Waals surface area contributed by atoms with Gasteiger partial charge in [0.25, 0.3) is 0 Å². The number of alkyl halides is 3. The smallest absolute Gasteiger partial charge is 0.416 e. The van der Waals surface area contributed by atoms with Crippen LogP contribution in [-0.4, -0.2) is 56.8 Å². The Morgan fingerprint density at radius 2 is 1.67 bits per heavy atom. The van der Waals surface area contributed by atoms with Crippen molar-refractivity contribution in [2.75, 3.05) is 13.7 Å². The zero-order valence-corrected chi connectivity index (χ0v) is 22.6. The molecule has 2 saturated heterocycles. The zero-order chi connectivity index (χ0) is 29.6. The first-order valence-electron chi connectivity index (χ1n) is 13.5. The average molecular weight is 577 g/mol. The number of halogens is 3. The number of ether oxygens (including phenoxy) is 1. The molecule has 4 aromatic rings. The number of carboxylic acid groups (broad SMARTS) is 1. The Morgan fingerprint density at radius 1 is 0.952 bits per heavy atom. The van der Waals surface area contributed by atoms with Crippen LogP contribution in [0.2, 0.25) is 0 Å². The topological polar surface area (TPSA) is 97.6 Å². The van der Waals surface area contributed by atoms with Crippen molar-refractivity contribution in [3.05, 3.63) is 89.6 Å². The number of amides is 1. The molecule has 1 aromatic heterocycles. The number of methoxy groups -OCH3 is 1. The standard InChI is InChI=1S/C31H27F3N4O4/c1-42-29(39)23-12-22(18-2-4-19(5-3-18)27-15-25-11-8-21(27)16-37(25)30(40)41)13-26(14-23)38-17-28(35-36-38)20-6-9-24(10-7-20)31(32,33)34/h2-7,9-10,12-14,17,21,25,27H,8,11,15-16H2,1H3,(H,40,41). The van der Waals surface area contributed by atoms with Gasteiger partial charge in [0.15, 0.2) is 0 Å². The van der Waals surface area contributed by atoms with Gasteiger partial charge in [-0.05, 0) is 78.1 Å². The van der Waals surface area contributed by atoms with Crippen molar-refractivity contribution in [2.45, 2.75) is 37.4 Å². The lowest BCUT2D eigenvalue weighted by molar-refractivity contribution is -0.137. The van der Waals surface area contributed by atoms with E-state index in [1.165, 1.54) is 29.5 Å². The molecule has 1 N–H and O–H groups in total. The van der Waals surface area contributed by atoms with Gasteiger partial charge in [0.2, 0.25) is 0 Å². The third kappa shape index (κ3) is 5.22. The van der Waals surface area contributed by atoms with E-state index >= 15 is 0 Å². The van der Waals surface area contributed by atoms with Crippen LogP contribution in [0.5, 0.6) is 0 Å². The van der Waals surface area contributed by atoms with Gasteiger partial charge in [-0.1, -0.05) is 41.6 Å². The number of hydrogen-bond acceptors (Lipinski definition) is 5. The van der Waals surface area contributed by atoms with E-state index in [-0.39, 0.29) is 12.0 Å². The van der Waals surface area contributed by atoms with Crippen molar-refractivity contribution >= 4 is 12.1 Å². The van der Waals surface area contributed by atoms with Crippen molar-refractivity contribution < 1.29 is 32.6 Å². The van der Waals surface area contributed by atoms with Crippen molar-refractivity contribution in [3.8, 4) is 28.1 Å². The van der Waals surface area contributed by atoms with E-state index in [9.17, 15) is 27.9 Å². The Morgan fingerprint density at radius 3 is 2.29 bits per heavy atom. The number of carbonyl (C=O) groups excluding carboxylic acids is 1. The lowest BCUT2D eigenvalue weighted by Gasteiger charge is -2.48. The van der Waals surface area contributed by atoms with Gasteiger partial charge in [0.1, 0.15) is 5.69 Å². The molecule has 7 rings (SSSR count). The molecule has 1 aliphatic carbocycles. The van der Waals surface area contributed by atoms with Crippen LogP contribution < -0.4 is 0 Å². The fourth-order valence-electron chi connectivity index (χ4n) is 6.18. The minimum absolute atomic E-state index is 0.0478. The molecule has 1 saturated carbocycles. The summed E-state index contributed by atoms with van der Waals surface area (Å²) >= 11 is 0. The van der Waals surface area contributed by atoms with Gasteiger partial charge in [-0.2, -0.15) is 13.2 Å². The Kier molecular flexibility index (Phi) is 6.96. The molecule has 42 heavy (non-hydrogen) atoms. The van der Waals surface area contributed by atoms with Gasteiger partial charge < -0.3 is 14.7 Å². The SMILES string of the molecule is COC(=O)c1cc(-c2ccc(C3CC4CCC3CN4C(=O)O)cc2)cc(-n2cc(-c3ccc(C(F)(F)F)cc3)nn2)c1. The summed E-state index contributed by atoms with van der Waals surface area (Å²) in [4.78, 5) is 25.7. The van der Waals surface area contributed by atoms with Crippen LogP contribution in [0.1, 0.15) is 46.7 Å². The minimum atomic E-state index is -4.43. The van der Waals surface area contributed by atoms with Gasteiger partial charge in [0.05, 0.1) is 30.1 Å². The molecular formula is C31H27F3N4O4. The lowest BCUT2D eigenvalue weighted by Crippen LogP contribution is -2.53. The van der Waals surface area contributed by atoms with Gasteiger partial charge in [-0.25, -0.2) is 14.3 Å². The second-order valence-electron chi connectivity index (χ2n) is 10.8. The third-order valence-electron chi connectivity index (χ3n) is 8.36. The Bertz CT molecular complexity index is 1630. The fourth-order valence-corrected chi connectivity index (χ4v) is 6.18. The molecule has 3 aromatic carbocycles. The highest BCUT2D eigenvalue weighted by atomic mass is 19.4. The number of fused-ring (bicyclic) bond motifs is 3. The first-order chi connectivity index (χ1) is 20.1. The van der Waals surface area contributed by atoms with Crippen molar-refractivity contribution in [1.82, 2.24) is 19.9 Å². The maximum absolute atomic E-state index is 13.0. The minimum Gasteiger partial charge on any atom is -0.465 e. The quantitative estimate of drug-likeness (QED) is 0.267. The third-order valence-corrected chi connectivity index (χ3v) is 8.36. The summed E-state index contributed by atoms with van der Waals surface area (Å²) in [5.41, 5.74) is 3.70. The largest absolute Gasteiger partial charge is 0.465 e. The summed E-state index contributed by atoms with van der Waals surface area (Å²) < 4.78 is 45.3. The normalized spacial score (nSPS) is 20.0. The molecule has 0 radical (unpaired) electrons. The number of benzene rings is 3. The number of piperidine rings is 2. The molecule has 11 heteroatoms. The van der Waals surface area contributed by atoms with Crippen LogP contribution in [0.15, 0.2) is 72.9 Å². The van der Waals surface area contributed by atoms with Crippen molar-refractivity contribution in [1.29, 1.82) is 0 Å². The molecule has 0 spiro atoms. The second kappa shape index (κ2) is 10.6. The predicted octanol–water partition coefficient (Wildman–Crippen LogP) is 6.65. The summed E-state index contributed by atoms with van der Waals surface area (Å²) in [6.07, 6.45) is -0.971. The van der Waals surface area contributed by atoms with Gasteiger partial charge in [0, 0.05) is 18.2 Å². The summed E-state index contributed by atoms with van der Waals surface area (Å²) in [5, 5.41) is 17.8. The van der Waals surface area contributed by atoms with Crippen molar-refractivity contribution in [2.24, 2.45) is 5.92 Å². The summed E-state index contributed by atoms with van der Waals surface area (Å²) in [6.45, 7) is 0.559. The van der Waals surface area contributed by atoms with E-state index in [4.69, 9.17) is 4.74 Å². The summed E-state index contributed by atoms with van der Waals surface area (Å²) in [7, 11) is 1.30. The summed E-state index contributed by atoms with van der Waals surface area (Å²) in [5.74, 6) is 0.0560. The number of nitrogens with zero attached hydrogens (tertiary/aromatic N) is 4. The van der Waals surface area contributed by atoms with Crippen LogP contribution in [-0.2, 0) is 10.9 Å². The molecular weight excluding hydrogens is 549 g/mol. The predicted molar refractivity (Wildman–Crippen MR) is 147 cm³/mol. The second-order valence-corrected chi connectivity index (χ2v) is 10.8. The molecule has 3 atom stereocenters. The number of rotatable bonds is 5. The van der Waals surface area contributed by atoms with Crippen LogP contribution in [0.4, 0.5) is 18.0 Å². The van der Waals surface area contributed by atoms with Crippen molar-refractivity contribution in [3.63, 3.8) is 0 Å². The van der Waals surface area contributed by atoms with E-state index in [1.807, 2.05) is 18.2 Å². The Hall–Kier alpha value is -4.67. The van der Waals surface area contributed by atoms with E-state index < -0.39 is 23.8 Å². The molecule has 3 heterocycles. The Balaban J connectivity index is 1.28. The lowest BCUT2D eigenvalue weighted by atomic mass is 9.69. The maximum atomic E-state index is 13.0. The fraction of sp³-hybridized carbons (Fsp3) is 0.290. The number of aromatic nitrogens is 3. The molecule has 8 nitrogen and oxygen atoms in total. The van der Waals surface area contributed by atoms with E-state index in [0.717, 1.165) is 42.5 Å². The van der Waals surface area contributed by atoms with Crippen LogP contribution >= 0.6 is 0 Å². The molecule has 216 valence electrons. The highest BCUT2D eigenvalue weighted by molar-refractivity contribution is 5.92. The number of carbonyl (C=O) groups is 2. The highest BCUT2D eigenvalue weighted by Crippen LogP contribution is 2.45. The van der Waals surface area contributed by atoms with Gasteiger partial charge in [-0.15, -0.1) is 5.10 Å². The first-order valence-corrected chi connectivity index (χ1v) is 13.5. The maximum Gasteiger partial charge on any atom is 0.416 e. The average Bonchev–Trinajstić information content (AvgIpc) is 3.51. The summed E-state index contributed by atoms with van der Waals surface area (Å²) in [6, 6.07) is 18.0. The Labute approximate surface area is 239 Å². The van der Waals surface area contributed by atoms with Gasteiger partial charge in [-0.3, -0.25) is 0 Å². The van der Waals surface area contributed by atoms with Crippen LogP contribution in [0, 0.1) is 5.92 Å². The van der Waals surface area contributed by atoms with Crippen LogP contribution in [0.25, 0.3) is 28.1 Å². The van der Waals surface area contributed by atoms with E-state index in [2.05, 4.69) is 22.4 Å². The molecule has 2 bridgehead atoms. The monoisotopic (exact) mass is 576 g/mol. The number of esters is 1. The number of hydrogen-bond donors (Lipinski definition) is 1. The zero-order valence-electron chi connectivity index (χ0n) is 22.6. The molecule has 3 unspecified atom stereocenters. The molecule has 1 amide bonds. The first kappa shape index (κ1) is 27.5. The highest BCUT2D eigenvalue weighted by Gasteiger charge is 2.42. The van der Waals surface area contributed by atoms with E-state index in [1.54, 1.807) is 23.2 Å².